The molecule has 2 nitrogen and oxygen atoms in total. The first-order chi connectivity index (χ1) is 6.42. The van der Waals surface area contributed by atoms with Gasteiger partial charge in [-0.15, -0.1) is 0 Å². The largest absolute Gasteiger partial charge is 0.372 e. The molecule has 0 aliphatic carbocycles. The number of hydrogen-bond donors (Lipinski definition) is 0. The number of benzene rings is 1. The first-order valence-corrected chi connectivity index (χ1v) is 4.48. The van der Waals surface area contributed by atoms with Crippen LogP contribution in [0.25, 0.3) is 0 Å². The van der Waals surface area contributed by atoms with E-state index < -0.39 is 0 Å². The van der Waals surface area contributed by atoms with Crippen molar-refractivity contribution < 1.29 is 4.74 Å². The van der Waals surface area contributed by atoms with Crippen LogP contribution in [0.15, 0.2) is 24.3 Å². The molecule has 0 saturated heterocycles. The number of ether oxygens (including phenoxy) is 1. The fraction of sp³-hybridized carbons (Fsp3) is 0.364. The Balaban J connectivity index is 2.32. The smallest absolute Gasteiger partial charge is 0.0957 e. The second-order valence-corrected chi connectivity index (χ2v) is 3.17. The van der Waals surface area contributed by atoms with Gasteiger partial charge < -0.3 is 4.74 Å². The first kappa shape index (κ1) is 8.28. The molecule has 2 rings (SSSR count). The molecule has 0 amide bonds. The van der Waals surface area contributed by atoms with E-state index in [1.807, 2.05) is 12.1 Å². The summed E-state index contributed by atoms with van der Waals surface area (Å²) in [5.74, 6) is 0. The van der Waals surface area contributed by atoms with E-state index in [1.54, 1.807) is 0 Å². The summed E-state index contributed by atoms with van der Waals surface area (Å²) < 4.78 is 5.52. The van der Waals surface area contributed by atoms with E-state index in [1.165, 1.54) is 11.1 Å². The van der Waals surface area contributed by atoms with E-state index in [0.717, 1.165) is 13.0 Å². The molecule has 1 aliphatic rings. The van der Waals surface area contributed by atoms with E-state index >= 15 is 0 Å². The Morgan fingerprint density at radius 2 is 2.31 bits per heavy atom. The summed E-state index contributed by atoms with van der Waals surface area (Å²) in [7, 11) is 0. The molecule has 0 bridgehead atoms. The number of nitrogens with zero attached hydrogens (tertiary/aromatic N) is 1. The van der Waals surface area contributed by atoms with Crippen molar-refractivity contribution in [1.82, 2.24) is 0 Å². The molecule has 0 spiro atoms. The summed E-state index contributed by atoms with van der Waals surface area (Å²) in [6, 6.07) is 10.4. The fourth-order valence-electron chi connectivity index (χ4n) is 1.73. The maximum atomic E-state index is 8.61. The third kappa shape index (κ3) is 1.56. The minimum absolute atomic E-state index is 0.00468. The van der Waals surface area contributed by atoms with Crippen LogP contribution < -0.4 is 0 Å². The molecule has 0 aromatic heterocycles. The van der Waals surface area contributed by atoms with Gasteiger partial charge in [0.05, 0.1) is 25.2 Å². The van der Waals surface area contributed by atoms with Crippen molar-refractivity contribution in [3.05, 3.63) is 35.4 Å². The van der Waals surface area contributed by atoms with Gasteiger partial charge in [0.25, 0.3) is 0 Å². The summed E-state index contributed by atoms with van der Waals surface area (Å²) in [5.41, 5.74) is 2.52. The Labute approximate surface area is 77.8 Å². The van der Waals surface area contributed by atoms with Crippen LogP contribution in [0.2, 0.25) is 0 Å². The third-order valence-electron chi connectivity index (χ3n) is 2.37. The molecule has 0 radical (unpaired) electrons. The molecule has 66 valence electrons. The second kappa shape index (κ2) is 3.59. The third-order valence-corrected chi connectivity index (χ3v) is 2.37. The normalized spacial score (nSPS) is 20.4. The van der Waals surface area contributed by atoms with Crippen LogP contribution in [-0.2, 0) is 11.2 Å². The number of fused-ring (bicyclic) bond motifs is 1. The minimum atomic E-state index is -0.00468. The van der Waals surface area contributed by atoms with Crippen LogP contribution in [0.5, 0.6) is 0 Å². The van der Waals surface area contributed by atoms with Gasteiger partial charge >= 0.3 is 0 Å². The molecule has 0 N–H and O–H groups in total. The van der Waals surface area contributed by atoms with Crippen molar-refractivity contribution in [1.29, 1.82) is 5.26 Å². The molecule has 0 unspecified atom stereocenters. The van der Waals surface area contributed by atoms with Gasteiger partial charge in [0.2, 0.25) is 0 Å². The van der Waals surface area contributed by atoms with Crippen LogP contribution in [0.4, 0.5) is 0 Å². The zero-order valence-electron chi connectivity index (χ0n) is 7.36. The number of hydrogen-bond acceptors (Lipinski definition) is 2. The highest BCUT2D eigenvalue weighted by Crippen LogP contribution is 2.28. The average molecular weight is 173 g/mol. The molecule has 0 fully saturated rings. The quantitative estimate of drug-likeness (QED) is 0.652. The Morgan fingerprint density at radius 3 is 3.15 bits per heavy atom. The summed E-state index contributed by atoms with van der Waals surface area (Å²) in [6.45, 7) is 0.739. The van der Waals surface area contributed by atoms with Gasteiger partial charge in [-0.3, -0.25) is 0 Å². The van der Waals surface area contributed by atoms with Gasteiger partial charge in [0.1, 0.15) is 0 Å². The van der Waals surface area contributed by atoms with Crippen LogP contribution in [-0.4, -0.2) is 6.61 Å². The lowest BCUT2D eigenvalue weighted by Gasteiger charge is -2.23. The second-order valence-electron chi connectivity index (χ2n) is 3.17. The van der Waals surface area contributed by atoms with E-state index in [0.29, 0.717) is 6.42 Å². The number of nitriles is 1. The van der Waals surface area contributed by atoms with Gasteiger partial charge in [-0.05, 0) is 17.5 Å². The van der Waals surface area contributed by atoms with Crippen LogP contribution in [0.1, 0.15) is 23.7 Å². The Morgan fingerprint density at radius 1 is 1.46 bits per heavy atom. The monoisotopic (exact) mass is 173 g/mol. The summed E-state index contributed by atoms with van der Waals surface area (Å²) in [5, 5.41) is 8.61. The van der Waals surface area contributed by atoms with E-state index in [9.17, 15) is 0 Å². The molecule has 13 heavy (non-hydrogen) atoms. The van der Waals surface area contributed by atoms with Gasteiger partial charge in [-0.25, -0.2) is 0 Å². The Kier molecular flexibility index (Phi) is 2.29. The van der Waals surface area contributed by atoms with Crippen LogP contribution in [0.3, 0.4) is 0 Å². The molecule has 1 aromatic rings. The van der Waals surface area contributed by atoms with Crippen molar-refractivity contribution in [3.8, 4) is 6.07 Å². The SMILES string of the molecule is N#CC[C@H]1OCCc2ccccc21. The van der Waals surface area contributed by atoms with Crippen molar-refractivity contribution >= 4 is 0 Å². The molecule has 1 atom stereocenters. The molecular formula is C11H11NO. The standard InChI is InChI=1S/C11H11NO/c12-7-5-11-10-4-2-1-3-9(10)6-8-13-11/h1-4,11H,5-6,8H2/t11-/m1/s1. The molecule has 0 saturated carbocycles. The lowest BCUT2D eigenvalue weighted by molar-refractivity contribution is 0.0457. The van der Waals surface area contributed by atoms with Gasteiger partial charge in [-0.2, -0.15) is 5.26 Å². The van der Waals surface area contributed by atoms with Crippen molar-refractivity contribution in [3.63, 3.8) is 0 Å². The van der Waals surface area contributed by atoms with Gasteiger partial charge in [0.15, 0.2) is 0 Å². The van der Waals surface area contributed by atoms with Crippen molar-refractivity contribution in [2.75, 3.05) is 6.61 Å². The topological polar surface area (TPSA) is 33.0 Å². The van der Waals surface area contributed by atoms with Gasteiger partial charge in [0, 0.05) is 0 Å². The predicted octanol–water partition coefficient (Wildman–Crippen LogP) is 2.21. The van der Waals surface area contributed by atoms with Crippen LogP contribution >= 0.6 is 0 Å². The average Bonchev–Trinajstić information content (AvgIpc) is 2.19. The first-order valence-electron chi connectivity index (χ1n) is 4.48. The highest BCUT2D eigenvalue weighted by atomic mass is 16.5. The Hall–Kier alpha value is -1.33. The zero-order chi connectivity index (χ0) is 9.10. The highest BCUT2D eigenvalue weighted by molar-refractivity contribution is 5.31. The highest BCUT2D eigenvalue weighted by Gasteiger charge is 2.19. The van der Waals surface area contributed by atoms with E-state index in [-0.39, 0.29) is 6.10 Å². The maximum Gasteiger partial charge on any atom is 0.0957 e. The zero-order valence-corrected chi connectivity index (χ0v) is 7.36. The van der Waals surface area contributed by atoms with Crippen molar-refractivity contribution in [2.24, 2.45) is 0 Å². The summed E-state index contributed by atoms with van der Waals surface area (Å²) >= 11 is 0. The molecule has 2 heteroatoms. The fourth-order valence-corrected chi connectivity index (χ4v) is 1.73. The molecular weight excluding hydrogens is 162 g/mol. The van der Waals surface area contributed by atoms with Crippen LogP contribution in [0, 0.1) is 11.3 Å². The lowest BCUT2D eigenvalue weighted by Crippen LogP contribution is -2.15. The number of rotatable bonds is 1. The predicted molar refractivity (Wildman–Crippen MR) is 49.1 cm³/mol. The minimum Gasteiger partial charge on any atom is -0.372 e. The summed E-state index contributed by atoms with van der Waals surface area (Å²) in [4.78, 5) is 0. The Bertz CT molecular complexity index is 340. The maximum absolute atomic E-state index is 8.61. The van der Waals surface area contributed by atoms with Crippen molar-refractivity contribution in [2.45, 2.75) is 18.9 Å². The molecule has 1 aliphatic heterocycles. The van der Waals surface area contributed by atoms with E-state index in [4.69, 9.17) is 10.00 Å². The van der Waals surface area contributed by atoms with Gasteiger partial charge in [-0.1, -0.05) is 24.3 Å². The lowest BCUT2D eigenvalue weighted by atomic mass is 9.96. The summed E-state index contributed by atoms with van der Waals surface area (Å²) in [6.07, 6.45) is 1.42. The molecule has 1 aromatic carbocycles. The van der Waals surface area contributed by atoms with E-state index in [2.05, 4.69) is 18.2 Å². The molecule has 1 heterocycles.